The molecule has 18 heavy (non-hydrogen) atoms. The van der Waals surface area contributed by atoms with Gasteiger partial charge in [0.05, 0.1) is 5.56 Å². The maximum atomic E-state index is 12.6. The Bertz CT molecular complexity index is 443. The number of nitrogens with one attached hydrogen (secondary N) is 1. The number of hydrogen-bond acceptors (Lipinski definition) is 2. The van der Waals surface area contributed by atoms with Gasteiger partial charge in [-0.2, -0.15) is 13.2 Å². The van der Waals surface area contributed by atoms with Crippen molar-refractivity contribution in [2.24, 2.45) is 5.92 Å². The highest BCUT2D eigenvalue weighted by atomic mass is 19.4. The van der Waals surface area contributed by atoms with Crippen LogP contribution in [0.1, 0.15) is 25.8 Å². The van der Waals surface area contributed by atoms with Crippen molar-refractivity contribution < 1.29 is 18.0 Å². The van der Waals surface area contributed by atoms with Gasteiger partial charge in [-0.3, -0.25) is 4.79 Å². The second kappa shape index (κ2) is 5.29. The van der Waals surface area contributed by atoms with E-state index in [-0.39, 0.29) is 23.2 Å². The molecule has 0 aliphatic rings. The van der Waals surface area contributed by atoms with Crippen LogP contribution in [0.4, 0.5) is 24.5 Å². The molecule has 6 heteroatoms. The SMILES string of the molecule is CCC(C)C(=O)Nc1ccc(N)c(C(F)(F)F)c1. The molecular formula is C12H15F3N2O. The number of carbonyl (C=O) groups is 1. The summed E-state index contributed by atoms with van der Waals surface area (Å²) < 4.78 is 37.8. The van der Waals surface area contributed by atoms with Gasteiger partial charge < -0.3 is 11.1 Å². The fourth-order valence-corrected chi connectivity index (χ4v) is 1.33. The van der Waals surface area contributed by atoms with Crippen molar-refractivity contribution in [3.05, 3.63) is 23.8 Å². The van der Waals surface area contributed by atoms with Crippen LogP contribution in [0.15, 0.2) is 18.2 Å². The Morgan fingerprint density at radius 1 is 1.44 bits per heavy atom. The second-order valence-corrected chi connectivity index (χ2v) is 4.10. The average Bonchev–Trinajstić information content (AvgIpc) is 2.29. The molecule has 1 atom stereocenters. The maximum absolute atomic E-state index is 12.6. The number of alkyl halides is 3. The molecule has 0 saturated carbocycles. The zero-order chi connectivity index (χ0) is 13.9. The van der Waals surface area contributed by atoms with Crippen LogP contribution >= 0.6 is 0 Å². The number of hydrogen-bond donors (Lipinski definition) is 2. The molecule has 0 fully saturated rings. The van der Waals surface area contributed by atoms with Crippen LogP contribution in [-0.4, -0.2) is 5.91 Å². The minimum Gasteiger partial charge on any atom is -0.398 e. The lowest BCUT2D eigenvalue weighted by molar-refractivity contribution is -0.137. The van der Waals surface area contributed by atoms with Crippen LogP contribution < -0.4 is 11.1 Å². The largest absolute Gasteiger partial charge is 0.418 e. The fraction of sp³-hybridized carbons (Fsp3) is 0.417. The molecule has 3 nitrogen and oxygen atoms in total. The van der Waals surface area contributed by atoms with E-state index in [1.807, 2.05) is 6.92 Å². The summed E-state index contributed by atoms with van der Waals surface area (Å²) in [5.41, 5.74) is 4.06. The molecule has 0 bridgehead atoms. The van der Waals surface area contributed by atoms with E-state index in [0.29, 0.717) is 6.42 Å². The number of anilines is 2. The van der Waals surface area contributed by atoms with Gasteiger partial charge in [0.2, 0.25) is 5.91 Å². The second-order valence-electron chi connectivity index (χ2n) is 4.10. The fourth-order valence-electron chi connectivity index (χ4n) is 1.33. The molecule has 1 amide bonds. The molecular weight excluding hydrogens is 245 g/mol. The summed E-state index contributed by atoms with van der Waals surface area (Å²) >= 11 is 0. The van der Waals surface area contributed by atoms with Crippen molar-refractivity contribution in [2.75, 3.05) is 11.1 Å². The Hall–Kier alpha value is -1.72. The minimum absolute atomic E-state index is 0.0989. The van der Waals surface area contributed by atoms with Gasteiger partial charge in [-0.15, -0.1) is 0 Å². The molecule has 0 aliphatic carbocycles. The Morgan fingerprint density at radius 2 is 2.06 bits per heavy atom. The molecule has 0 saturated heterocycles. The lowest BCUT2D eigenvalue weighted by Crippen LogP contribution is -2.20. The topological polar surface area (TPSA) is 55.1 Å². The summed E-state index contributed by atoms with van der Waals surface area (Å²) in [6, 6.07) is 3.33. The first-order valence-corrected chi connectivity index (χ1v) is 5.53. The number of carbonyl (C=O) groups excluding carboxylic acids is 1. The minimum atomic E-state index is -4.53. The third-order valence-corrected chi connectivity index (χ3v) is 2.69. The van der Waals surface area contributed by atoms with Crippen LogP contribution in [-0.2, 0) is 11.0 Å². The van der Waals surface area contributed by atoms with Crippen molar-refractivity contribution >= 4 is 17.3 Å². The van der Waals surface area contributed by atoms with Crippen molar-refractivity contribution in [1.29, 1.82) is 0 Å². The molecule has 1 aromatic rings. The molecule has 1 rings (SSSR count). The quantitative estimate of drug-likeness (QED) is 0.819. The van der Waals surface area contributed by atoms with E-state index >= 15 is 0 Å². The molecule has 3 N–H and O–H groups in total. The highest BCUT2D eigenvalue weighted by Crippen LogP contribution is 2.35. The third-order valence-electron chi connectivity index (χ3n) is 2.69. The molecule has 1 unspecified atom stereocenters. The van der Waals surface area contributed by atoms with Crippen molar-refractivity contribution in [3.8, 4) is 0 Å². The van der Waals surface area contributed by atoms with Crippen LogP contribution in [0.5, 0.6) is 0 Å². The monoisotopic (exact) mass is 260 g/mol. The first-order chi connectivity index (χ1) is 8.25. The maximum Gasteiger partial charge on any atom is 0.418 e. The van der Waals surface area contributed by atoms with Crippen LogP contribution in [0.3, 0.4) is 0 Å². The Morgan fingerprint density at radius 3 is 2.56 bits per heavy atom. The van der Waals surface area contributed by atoms with Gasteiger partial charge in [0.15, 0.2) is 0 Å². The number of rotatable bonds is 3. The lowest BCUT2D eigenvalue weighted by atomic mass is 10.1. The van der Waals surface area contributed by atoms with Gasteiger partial charge in [0.25, 0.3) is 0 Å². The van der Waals surface area contributed by atoms with Crippen molar-refractivity contribution in [2.45, 2.75) is 26.4 Å². The summed E-state index contributed by atoms with van der Waals surface area (Å²) in [7, 11) is 0. The van der Waals surface area contributed by atoms with Gasteiger partial charge >= 0.3 is 6.18 Å². The highest BCUT2D eigenvalue weighted by Gasteiger charge is 2.33. The summed E-state index contributed by atoms with van der Waals surface area (Å²) in [6.45, 7) is 3.53. The molecule has 0 spiro atoms. The predicted molar refractivity (Wildman–Crippen MR) is 63.9 cm³/mol. The molecule has 1 aromatic carbocycles. The van der Waals surface area contributed by atoms with E-state index in [0.717, 1.165) is 12.1 Å². The predicted octanol–water partition coefficient (Wildman–Crippen LogP) is 3.27. The summed E-state index contributed by atoms with van der Waals surface area (Å²) in [5.74, 6) is -0.563. The standard InChI is InChI=1S/C12H15F3N2O/c1-3-7(2)11(18)17-8-4-5-10(16)9(6-8)12(13,14)15/h4-7H,3,16H2,1-2H3,(H,17,18). The zero-order valence-electron chi connectivity index (χ0n) is 10.1. The smallest absolute Gasteiger partial charge is 0.398 e. The number of nitrogens with two attached hydrogens (primary N) is 1. The lowest BCUT2D eigenvalue weighted by Gasteiger charge is -2.14. The first-order valence-electron chi connectivity index (χ1n) is 5.53. The number of nitrogen functional groups attached to an aromatic ring is 1. The van der Waals surface area contributed by atoms with Crippen LogP contribution in [0.25, 0.3) is 0 Å². The summed E-state index contributed by atoms with van der Waals surface area (Å²) in [6.07, 6.45) is -3.91. The van der Waals surface area contributed by atoms with Crippen LogP contribution in [0.2, 0.25) is 0 Å². The van der Waals surface area contributed by atoms with E-state index < -0.39 is 11.7 Å². The van der Waals surface area contributed by atoms with Gasteiger partial charge in [0, 0.05) is 17.3 Å². The Labute approximate surface area is 103 Å². The van der Waals surface area contributed by atoms with E-state index in [2.05, 4.69) is 5.32 Å². The van der Waals surface area contributed by atoms with Gasteiger partial charge in [-0.25, -0.2) is 0 Å². The number of benzene rings is 1. The van der Waals surface area contributed by atoms with Crippen LogP contribution in [0, 0.1) is 5.92 Å². The molecule has 0 aromatic heterocycles. The average molecular weight is 260 g/mol. The third kappa shape index (κ3) is 3.38. The van der Waals surface area contributed by atoms with Gasteiger partial charge in [-0.05, 0) is 24.6 Å². The van der Waals surface area contributed by atoms with E-state index in [1.54, 1.807) is 6.92 Å². The molecule has 0 aliphatic heterocycles. The normalized spacial score (nSPS) is 13.2. The summed E-state index contributed by atoms with van der Waals surface area (Å²) in [5, 5.41) is 2.44. The molecule has 100 valence electrons. The van der Waals surface area contributed by atoms with E-state index in [4.69, 9.17) is 5.73 Å². The number of halogens is 3. The zero-order valence-corrected chi connectivity index (χ0v) is 10.1. The molecule has 0 heterocycles. The first kappa shape index (κ1) is 14.3. The Balaban J connectivity index is 2.96. The number of amides is 1. The van der Waals surface area contributed by atoms with Crippen molar-refractivity contribution in [1.82, 2.24) is 0 Å². The Kier molecular flexibility index (Phi) is 4.21. The van der Waals surface area contributed by atoms with Gasteiger partial charge in [0.1, 0.15) is 0 Å². The summed E-state index contributed by atoms with van der Waals surface area (Å²) in [4.78, 5) is 11.6. The van der Waals surface area contributed by atoms with Crippen molar-refractivity contribution in [3.63, 3.8) is 0 Å². The molecule has 0 radical (unpaired) electrons. The van der Waals surface area contributed by atoms with Gasteiger partial charge in [-0.1, -0.05) is 13.8 Å². The highest BCUT2D eigenvalue weighted by molar-refractivity contribution is 5.92. The van der Waals surface area contributed by atoms with E-state index in [9.17, 15) is 18.0 Å². The van der Waals surface area contributed by atoms with E-state index in [1.165, 1.54) is 6.07 Å².